The van der Waals surface area contributed by atoms with E-state index in [2.05, 4.69) is 0 Å². The number of hydrogen-bond acceptors (Lipinski definition) is 5. The molecular formula is C23H32ClNO5. The first-order valence-electron chi connectivity index (χ1n) is 10.4. The molecule has 2 fully saturated rings. The molecule has 1 aromatic carbocycles. The van der Waals surface area contributed by atoms with Crippen molar-refractivity contribution in [3.8, 4) is 0 Å². The highest BCUT2D eigenvalue weighted by Crippen LogP contribution is 2.51. The monoisotopic (exact) mass is 437 g/mol. The number of Topliss-reactive ketones (excluding diaryl/α,β-unsaturated/α-hetero) is 1. The second-order valence-electron chi connectivity index (χ2n) is 10.1. The zero-order chi connectivity index (χ0) is 22.3. The summed E-state index contributed by atoms with van der Waals surface area (Å²) in [5.74, 6) is -0.213. The van der Waals surface area contributed by atoms with Gasteiger partial charge < -0.3 is 14.2 Å². The van der Waals surface area contributed by atoms with Gasteiger partial charge in [0.1, 0.15) is 28.8 Å². The highest BCUT2D eigenvalue weighted by atomic mass is 35.5. The van der Waals surface area contributed by atoms with Crippen molar-refractivity contribution in [2.45, 2.75) is 83.4 Å². The Bertz CT molecular complexity index is 785. The van der Waals surface area contributed by atoms with Gasteiger partial charge in [-0.2, -0.15) is 0 Å². The first kappa shape index (κ1) is 23.0. The van der Waals surface area contributed by atoms with Crippen LogP contribution in [0.2, 0.25) is 0 Å². The molecule has 2 aliphatic rings. The molecule has 6 nitrogen and oxygen atoms in total. The normalized spacial score (nSPS) is 28.8. The fourth-order valence-electron chi connectivity index (χ4n) is 3.88. The van der Waals surface area contributed by atoms with Gasteiger partial charge in [-0.3, -0.25) is 9.69 Å². The van der Waals surface area contributed by atoms with Crippen LogP contribution < -0.4 is 0 Å². The summed E-state index contributed by atoms with van der Waals surface area (Å²) in [4.78, 5) is 26.2. The lowest BCUT2D eigenvalue weighted by Crippen LogP contribution is -2.70. The van der Waals surface area contributed by atoms with Gasteiger partial charge in [-0.25, -0.2) is 4.79 Å². The third kappa shape index (κ3) is 4.51. The molecule has 1 amide bonds. The molecule has 7 heteroatoms. The van der Waals surface area contributed by atoms with Gasteiger partial charge in [0.25, 0.3) is 0 Å². The maximum atomic E-state index is 13.1. The van der Waals surface area contributed by atoms with Gasteiger partial charge in [0.2, 0.25) is 0 Å². The molecule has 0 spiro atoms. The summed E-state index contributed by atoms with van der Waals surface area (Å²) in [6.07, 6.45) is -1.41. The van der Waals surface area contributed by atoms with Crippen LogP contribution in [0.4, 0.5) is 4.79 Å². The Kier molecular flexibility index (Phi) is 6.25. The number of benzene rings is 1. The number of amides is 1. The Morgan fingerprint density at radius 1 is 1.17 bits per heavy atom. The van der Waals surface area contributed by atoms with Crippen LogP contribution in [0.3, 0.4) is 0 Å². The number of ether oxygens (including phenoxy) is 3. The van der Waals surface area contributed by atoms with Gasteiger partial charge >= 0.3 is 6.09 Å². The highest BCUT2D eigenvalue weighted by Gasteiger charge is 2.71. The number of hydrogen-bond donors (Lipinski definition) is 0. The van der Waals surface area contributed by atoms with Crippen LogP contribution in [-0.4, -0.2) is 52.2 Å². The summed E-state index contributed by atoms with van der Waals surface area (Å²) in [5.41, 5.74) is -0.0240. The second-order valence-corrected chi connectivity index (χ2v) is 10.8. The van der Waals surface area contributed by atoms with E-state index in [4.69, 9.17) is 25.8 Å². The summed E-state index contributed by atoms with van der Waals surface area (Å²) in [5, 5.41) is 0. The molecule has 1 saturated heterocycles. The zero-order valence-corrected chi connectivity index (χ0v) is 19.4. The predicted molar refractivity (Wildman–Crippen MR) is 114 cm³/mol. The molecule has 4 atom stereocenters. The zero-order valence-electron chi connectivity index (χ0n) is 18.6. The van der Waals surface area contributed by atoms with Crippen molar-refractivity contribution in [3.05, 3.63) is 35.9 Å². The van der Waals surface area contributed by atoms with E-state index in [0.29, 0.717) is 19.6 Å². The molecule has 1 aliphatic carbocycles. The van der Waals surface area contributed by atoms with E-state index in [1.54, 1.807) is 20.8 Å². The van der Waals surface area contributed by atoms with Crippen LogP contribution in [0, 0.1) is 5.41 Å². The molecule has 0 N–H and O–H groups in total. The predicted octanol–water partition coefficient (Wildman–Crippen LogP) is 4.53. The Balaban J connectivity index is 1.68. The quantitative estimate of drug-likeness (QED) is 0.500. The van der Waals surface area contributed by atoms with Crippen LogP contribution in [0.25, 0.3) is 0 Å². The van der Waals surface area contributed by atoms with E-state index in [1.165, 1.54) is 4.90 Å². The van der Waals surface area contributed by atoms with Crippen LogP contribution in [-0.2, 0) is 25.6 Å². The molecule has 1 aromatic rings. The van der Waals surface area contributed by atoms with Gasteiger partial charge in [-0.15, -0.1) is 11.6 Å². The largest absolute Gasteiger partial charge is 0.444 e. The summed E-state index contributed by atoms with van der Waals surface area (Å²) in [6.45, 7) is 12.0. The molecular weight excluding hydrogens is 406 g/mol. The molecule has 166 valence electrons. The number of fused-ring (bicyclic) bond motifs is 1. The number of carbonyl (C=O) groups excluding carboxylic acids is 2. The summed E-state index contributed by atoms with van der Waals surface area (Å²) < 4.78 is 17.5. The van der Waals surface area contributed by atoms with Crippen LogP contribution in [0.15, 0.2) is 30.3 Å². The fraction of sp³-hybridized carbons (Fsp3) is 0.652. The lowest BCUT2D eigenvalue weighted by atomic mass is 9.72. The van der Waals surface area contributed by atoms with E-state index in [-0.39, 0.29) is 5.78 Å². The molecule has 0 unspecified atom stereocenters. The van der Waals surface area contributed by atoms with Crippen molar-refractivity contribution in [3.63, 3.8) is 0 Å². The number of ketones is 1. The van der Waals surface area contributed by atoms with Crippen LogP contribution in [0.5, 0.6) is 0 Å². The Morgan fingerprint density at radius 3 is 2.37 bits per heavy atom. The first-order valence-corrected chi connectivity index (χ1v) is 10.7. The maximum absolute atomic E-state index is 13.1. The second kappa shape index (κ2) is 8.13. The van der Waals surface area contributed by atoms with Crippen molar-refractivity contribution >= 4 is 23.5 Å². The lowest BCUT2D eigenvalue weighted by Gasteiger charge is -2.45. The third-order valence-electron chi connectivity index (χ3n) is 5.31. The van der Waals surface area contributed by atoms with E-state index < -0.39 is 40.4 Å². The van der Waals surface area contributed by atoms with E-state index >= 15 is 0 Å². The van der Waals surface area contributed by atoms with Gasteiger partial charge in [-0.1, -0.05) is 51.1 Å². The van der Waals surface area contributed by atoms with Crippen molar-refractivity contribution in [1.82, 2.24) is 4.90 Å². The van der Waals surface area contributed by atoms with Crippen molar-refractivity contribution in [1.29, 1.82) is 0 Å². The number of alkyl halides is 1. The number of halogens is 1. The third-order valence-corrected chi connectivity index (χ3v) is 5.90. The van der Waals surface area contributed by atoms with E-state index in [9.17, 15) is 9.59 Å². The summed E-state index contributed by atoms with van der Waals surface area (Å²) in [6, 6.07) is 9.08. The van der Waals surface area contributed by atoms with E-state index in [0.717, 1.165) is 5.56 Å². The minimum atomic E-state index is -1.19. The van der Waals surface area contributed by atoms with Gasteiger partial charge in [0.05, 0.1) is 6.61 Å². The van der Waals surface area contributed by atoms with Crippen LogP contribution in [0.1, 0.15) is 53.5 Å². The minimum absolute atomic E-state index is 0.213. The number of nitrogens with zero attached hydrogens (tertiary/aromatic N) is 1. The smallest absolute Gasteiger partial charge is 0.413 e. The minimum Gasteiger partial charge on any atom is -0.444 e. The van der Waals surface area contributed by atoms with Gasteiger partial charge in [0, 0.05) is 12.0 Å². The first-order chi connectivity index (χ1) is 13.8. The standard InChI is InChI=1S/C23H32ClNO5/c1-21(2,3)19-25(20(27)30-22(4,5)6)16-17(26)23(24,18(16)29-19)12-13-28-14-15-10-8-7-9-11-15/h7-11,16,18-19H,12-14H2,1-6H3/t16-,18-,19+,23-/m0/s1. The topological polar surface area (TPSA) is 65.1 Å². The summed E-state index contributed by atoms with van der Waals surface area (Å²) in [7, 11) is 0. The van der Waals surface area contributed by atoms with Crippen LogP contribution >= 0.6 is 11.6 Å². The molecule has 0 bridgehead atoms. The average molecular weight is 438 g/mol. The van der Waals surface area contributed by atoms with Crippen molar-refractivity contribution in [2.75, 3.05) is 6.61 Å². The molecule has 0 aromatic heterocycles. The van der Waals surface area contributed by atoms with Crippen molar-refractivity contribution < 1.29 is 23.8 Å². The molecule has 0 radical (unpaired) electrons. The number of rotatable bonds is 5. The van der Waals surface area contributed by atoms with E-state index in [1.807, 2.05) is 51.1 Å². The van der Waals surface area contributed by atoms with Gasteiger partial charge in [0.15, 0.2) is 5.78 Å². The number of carbonyl (C=O) groups is 2. The molecule has 1 aliphatic heterocycles. The average Bonchev–Trinajstić information content (AvgIpc) is 3.03. The SMILES string of the molecule is CC(C)(C)OC(=O)N1[C@H]2C(=O)[C@@](Cl)(CCOCc3ccccc3)[C@H]2O[C@@H]1C(C)(C)C. The Hall–Kier alpha value is -1.63. The highest BCUT2D eigenvalue weighted by molar-refractivity contribution is 6.40. The molecule has 3 rings (SSSR count). The Morgan fingerprint density at radius 2 is 1.80 bits per heavy atom. The molecule has 1 saturated carbocycles. The molecule has 30 heavy (non-hydrogen) atoms. The maximum Gasteiger partial charge on any atom is 0.413 e. The van der Waals surface area contributed by atoms with Gasteiger partial charge in [-0.05, 0) is 32.8 Å². The summed E-state index contributed by atoms with van der Waals surface area (Å²) >= 11 is 6.73. The fourth-order valence-corrected chi connectivity index (χ4v) is 4.24. The van der Waals surface area contributed by atoms with Crippen molar-refractivity contribution in [2.24, 2.45) is 5.41 Å². The lowest BCUT2D eigenvalue weighted by molar-refractivity contribution is -0.142. The molecule has 1 heterocycles. The Labute approximate surface area is 183 Å².